The van der Waals surface area contributed by atoms with Crippen LogP contribution >= 0.6 is 0 Å². The summed E-state index contributed by atoms with van der Waals surface area (Å²) in [5, 5.41) is 55.5. The summed E-state index contributed by atoms with van der Waals surface area (Å²) in [6, 6.07) is 8.55. The number of halogens is 2. The Hall–Kier alpha value is -3.18. The molecule has 4 fully saturated rings. The molecule has 5 aliphatic carbocycles. The maximum absolute atomic E-state index is 15.4. The zero-order valence-corrected chi connectivity index (χ0v) is 27.4. The molecule has 0 bridgehead atoms. The summed E-state index contributed by atoms with van der Waals surface area (Å²) in [6.45, 7) is 1.15. The Balaban J connectivity index is 1.16. The van der Waals surface area contributed by atoms with E-state index in [1.54, 1.807) is 5.92 Å². The lowest BCUT2D eigenvalue weighted by Gasteiger charge is -2.55. The number of carbonyl (C=O) groups is 1. The van der Waals surface area contributed by atoms with Crippen molar-refractivity contribution in [2.24, 2.45) is 22.4 Å². The van der Waals surface area contributed by atoms with Crippen LogP contribution in [-0.4, -0.2) is 86.2 Å². The Labute approximate surface area is 283 Å². The van der Waals surface area contributed by atoms with Gasteiger partial charge in [0.15, 0.2) is 0 Å². The van der Waals surface area contributed by atoms with Crippen LogP contribution in [0.25, 0.3) is 0 Å². The van der Waals surface area contributed by atoms with Gasteiger partial charge < -0.3 is 35.0 Å². The van der Waals surface area contributed by atoms with Crippen molar-refractivity contribution in [2.45, 2.75) is 119 Å². The molecule has 1 aliphatic heterocycles. The number of carbonyl (C=O) groups excluding carboxylic acids is 1. The van der Waals surface area contributed by atoms with Crippen LogP contribution in [0.3, 0.4) is 0 Å². The monoisotopic (exact) mass is 682 g/mol. The van der Waals surface area contributed by atoms with Crippen LogP contribution in [0.2, 0.25) is 0 Å². The minimum atomic E-state index is -3.66. The highest BCUT2D eigenvalue weighted by Crippen LogP contribution is 2.69. The van der Waals surface area contributed by atoms with Crippen LogP contribution in [0, 0.1) is 29.6 Å². The largest absolute Gasteiger partial charge is 0.430 e. The lowest BCUT2D eigenvalue weighted by Crippen LogP contribution is -2.60. The predicted octanol–water partition coefficient (Wildman–Crippen LogP) is 3.78. The molecule has 6 aliphatic rings. The fourth-order valence-corrected chi connectivity index (χ4v) is 9.53. The van der Waals surface area contributed by atoms with Gasteiger partial charge in [0.2, 0.25) is 6.29 Å². The number of aliphatic hydroxyl groups is 5. The van der Waals surface area contributed by atoms with E-state index in [0.29, 0.717) is 43.7 Å². The molecule has 264 valence electrons. The average Bonchev–Trinajstić information content (AvgIpc) is 3.91. The third kappa shape index (κ3) is 5.63. The second-order valence-electron chi connectivity index (χ2n) is 14.9. The molecule has 1 amide bonds. The van der Waals surface area contributed by atoms with Gasteiger partial charge >= 0.3 is 12.0 Å². The van der Waals surface area contributed by atoms with Gasteiger partial charge in [0.25, 0.3) is 0 Å². The van der Waals surface area contributed by atoms with Gasteiger partial charge in [-0.05, 0) is 110 Å². The van der Waals surface area contributed by atoms with Crippen molar-refractivity contribution in [3.63, 3.8) is 0 Å². The molecule has 1 unspecified atom stereocenters. The molecule has 10 nitrogen and oxygen atoms in total. The van der Waals surface area contributed by atoms with Crippen molar-refractivity contribution in [3.05, 3.63) is 58.2 Å². The number of nitrogens with one attached hydrogen (secondary N) is 1. The molecule has 6 N–H and O–H groups in total. The van der Waals surface area contributed by atoms with Crippen molar-refractivity contribution >= 4 is 11.8 Å². The zero-order valence-electron chi connectivity index (χ0n) is 27.4. The first-order chi connectivity index (χ1) is 23.3. The second kappa shape index (κ2) is 12.5. The summed E-state index contributed by atoms with van der Waals surface area (Å²) in [5.74, 6) is -1.78. The van der Waals surface area contributed by atoms with Crippen LogP contribution in [0.15, 0.2) is 52.2 Å². The quantitative estimate of drug-likeness (QED) is 0.195. The van der Waals surface area contributed by atoms with Crippen molar-refractivity contribution in [3.8, 4) is 12.3 Å². The van der Waals surface area contributed by atoms with E-state index in [0.717, 1.165) is 17.6 Å². The van der Waals surface area contributed by atoms with E-state index in [4.69, 9.17) is 15.9 Å². The first-order valence-corrected chi connectivity index (χ1v) is 17.3. The van der Waals surface area contributed by atoms with Crippen molar-refractivity contribution in [2.75, 3.05) is 6.61 Å². The molecule has 1 aromatic rings. The standard InChI is InChI=1S/C37H44F2N2O8/c1-3-37(38,39)36(47)15-14-27-25-12-10-22-16-23(40-41-34(46)49-33-32(45)31(44)30(43)28(18-42)48-33)11-13-24(22)29(25)26(17-35(27,36)2)21-8-6-20(7-9-21)19-4-5-19/h1,6-9,16,19,25-28,30-33,42-45,47H,4-5,10-15,17-18H2,2H3,(H,41,46)/b40-23+/t25-,26?,27-,28+,30-,31-,32+,33-,35-,36-/m0/s1. The molecule has 1 aromatic carbocycles. The Morgan fingerprint density at radius 3 is 2.47 bits per heavy atom. The minimum Gasteiger partial charge on any atom is -0.415 e. The normalized spacial score (nSPS) is 39.7. The molecular weight excluding hydrogens is 638 g/mol. The van der Waals surface area contributed by atoms with E-state index in [2.05, 4.69) is 34.8 Å². The number of terminal acetylenes is 1. The minimum absolute atomic E-state index is 0.00624. The summed E-state index contributed by atoms with van der Waals surface area (Å²) < 4.78 is 41.1. The third-order valence-corrected chi connectivity index (χ3v) is 12.4. The highest BCUT2D eigenvalue weighted by atomic mass is 19.3. The Morgan fingerprint density at radius 1 is 1.08 bits per heavy atom. The maximum Gasteiger partial charge on any atom is 0.430 e. The van der Waals surface area contributed by atoms with E-state index in [9.17, 15) is 30.3 Å². The topological polar surface area (TPSA) is 161 Å². The number of hydrogen-bond donors (Lipinski definition) is 6. The van der Waals surface area contributed by atoms with Crippen LogP contribution in [0.4, 0.5) is 13.6 Å². The molecule has 1 saturated heterocycles. The van der Waals surface area contributed by atoms with Crippen molar-refractivity contribution < 1.29 is 48.6 Å². The Kier molecular flexibility index (Phi) is 8.78. The smallest absolute Gasteiger partial charge is 0.415 e. The Morgan fingerprint density at radius 2 is 1.80 bits per heavy atom. The van der Waals surface area contributed by atoms with Gasteiger partial charge in [0.1, 0.15) is 30.0 Å². The number of aliphatic hydroxyl groups excluding tert-OH is 4. The highest BCUT2D eigenvalue weighted by Gasteiger charge is 2.71. The number of nitrogens with zero attached hydrogens (tertiary/aromatic N) is 1. The number of alkyl halides is 2. The first-order valence-electron chi connectivity index (χ1n) is 17.3. The predicted molar refractivity (Wildman–Crippen MR) is 173 cm³/mol. The molecule has 0 spiro atoms. The summed E-state index contributed by atoms with van der Waals surface area (Å²) in [6.07, 6.45) is 3.98. The van der Waals surface area contributed by atoms with Crippen LogP contribution in [0.5, 0.6) is 0 Å². The number of rotatable bonds is 6. The van der Waals surface area contributed by atoms with Crippen LogP contribution in [0.1, 0.15) is 87.7 Å². The molecule has 1 heterocycles. The number of allylic oxidation sites excluding steroid dienone is 4. The van der Waals surface area contributed by atoms with Crippen LogP contribution < -0.4 is 5.43 Å². The molecule has 0 aromatic heterocycles. The molecule has 7 rings (SSSR count). The van der Waals surface area contributed by atoms with E-state index < -0.39 is 60.3 Å². The van der Waals surface area contributed by atoms with Gasteiger partial charge in [-0.1, -0.05) is 36.8 Å². The number of hydrogen-bond acceptors (Lipinski definition) is 9. The molecule has 12 heteroatoms. The van der Waals surface area contributed by atoms with E-state index in [1.807, 2.05) is 13.0 Å². The van der Waals surface area contributed by atoms with E-state index in [-0.39, 0.29) is 24.2 Å². The fourth-order valence-electron chi connectivity index (χ4n) is 9.53. The van der Waals surface area contributed by atoms with Crippen LogP contribution in [-0.2, 0) is 9.47 Å². The molecule has 10 atom stereocenters. The lowest BCUT2D eigenvalue weighted by atomic mass is 9.50. The lowest BCUT2D eigenvalue weighted by molar-refractivity contribution is -0.284. The van der Waals surface area contributed by atoms with Gasteiger partial charge in [0, 0.05) is 11.3 Å². The summed E-state index contributed by atoms with van der Waals surface area (Å²) in [7, 11) is 0. The Bertz CT molecular complexity index is 1610. The highest BCUT2D eigenvalue weighted by molar-refractivity contribution is 5.98. The van der Waals surface area contributed by atoms with E-state index >= 15 is 8.78 Å². The average molecular weight is 683 g/mol. The molecular formula is C37H44F2N2O8. The van der Waals surface area contributed by atoms with Gasteiger partial charge in [-0.3, -0.25) is 0 Å². The van der Waals surface area contributed by atoms with E-state index in [1.165, 1.54) is 29.6 Å². The first kappa shape index (κ1) is 34.3. The molecule has 0 radical (unpaired) electrons. The zero-order chi connectivity index (χ0) is 34.9. The van der Waals surface area contributed by atoms with Gasteiger partial charge in [0.05, 0.1) is 12.3 Å². The SMILES string of the molecule is C#CC(F)(F)[C@]1(O)CC[C@H]2[C@@H]3CCC4=C/C(=N/NC(=O)O[C@@H]5O[C@H](CO)[C@H](O)[C@H](O)[C@H]5O)CCC4=C3C(c3ccc(C4CC4)cc3)C[C@@]21C. The number of ether oxygens (including phenoxy) is 2. The number of hydrazone groups is 1. The third-order valence-electron chi connectivity index (χ3n) is 12.4. The fraction of sp³-hybridized carbons (Fsp3) is 0.622. The van der Waals surface area contributed by atoms with Crippen molar-refractivity contribution in [1.82, 2.24) is 5.43 Å². The number of amides is 1. The van der Waals surface area contributed by atoms with Gasteiger partial charge in [-0.25, -0.2) is 10.2 Å². The maximum atomic E-state index is 15.4. The molecule has 3 saturated carbocycles. The van der Waals surface area contributed by atoms with Crippen molar-refractivity contribution in [1.29, 1.82) is 0 Å². The summed E-state index contributed by atoms with van der Waals surface area (Å²) in [5.41, 5.74) is 5.35. The summed E-state index contributed by atoms with van der Waals surface area (Å²) >= 11 is 0. The number of benzene rings is 1. The summed E-state index contributed by atoms with van der Waals surface area (Å²) in [4.78, 5) is 12.5. The second-order valence-corrected chi connectivity index (χ2v) is 14.9. The number of fused-ring (bicyclic) bond motifs is 4. The van der Waals surface area contributed by atoms with Gasteiger partial charge in [-0.2, -0.15) is 13.9 Å². The van der Waals surface area contributed by atoms with Gasteiger partial charge in [-0.15, -0.1) is 6.42 Å². The molecule has 49 heavy (non-hydrogen) atoms.